The minimum atomic E-state index is -2.22. The first-order valence-corrected chi connectivity index (χ1v) is 21.2. The zero-order chi connectivity index (χ0) is 35.0. The van der Waals surface area contributed by atoms with Gasteiger partial charge < -0.3 is 18.8 Å². The van der Waals surface area contributed by atoms with Crippen LogP contribution >= 0.6 is 27.5 Å². The predicted octanol–water partition coefficient (Wildman–Crippen LogP) is 8.12. The Hall–Kier alpha value is -1.80. The summed E-state index contributed by atoms with van der Waals surface area (Å²) in [5.41, 5.74) is -1.04. The van der Waals surface area contributed by atoms with Gasteiger partial charge in [-0.2, -0.15) is 9.97 Å². The molecule has 5 heterocycles. The molecule has 3 unspecified atom stereocenters. The van der Waals surface area contributed by atoms with E-state index in [0.717, 1.165) is 32.2 Å². The van der Waals surface area contributed by atoms with Gasteiger partial charge in [0.05, 0.1) is 40.7 Å². The van der Waals surface area contributed by atoms with Crippen LogP contribution in [0.3, 0.4) is 0 Å². The van der Waals surface area contributed by atoms with Gasteiger partial charge >= 0.3 is 12.1 Å². The molecule has 0 radical (unpaired) electrons. The van der Waals surface area contributed by atoms with Crippen LogP contribution in [-0.4, -0.2) is 102 Å². The minimum Gasteiger partial charge on any atom is -0.461 e. The number of hydrogen-bond acceptors (Lipinski definition) is 8. The predicted molar refractivity (Wildman–Crippen MR) is 190 cm³/mol. The fourth-order valence-electron chi connectivity index (χ4n) is 7.68. The van der Waals surface area contributed by atoms with E-state index in [1.165, 1.54) is 6.07 Å². The molecule has 1 amide bonds. The molecule has 1 aromatic heterocycles. The number of carbonyl (C=O) groups excluding carboxylic acids is 1. The van der Waals surface area contributed by atoms with Crippen LogP contribution in [0, 0.1) is 5.82 Å². The van der Waals surface area contributed by atoms with Gasteiger partial charge in [0.25, 0.3) is 0 Å². The maximum atomic E-state index is 15.9. The highest BCUT2D eigenvalue weighted by atomic mass is 79.9. The lowest BCUT2D eigenvalue weighted by atomic mass is 9.95. The fourth-order valence-corrected chi connectivity index (χ4v) is 9.63. The monoisotopic (exact) mass is 771 g/mol. The summed E-state index contributed by atoms with van der Waals surface area (Å²) in [4.78, 5) is 29.4. The van der Waals surface area contributed by atoms with E-state index in [-0.39, 0.29) is 52.4 Å². The highest BCUT2D eigenvalue weighted by Crippen LogP contribution is 2.45. The van der Waals surface area contributed by atoms with Crippen LogP contribution in [0.5, 0.6) is 6.01 Å². The van der Waals surface area contributed by atoms with Crippen molar-refractivity contribution >= 4 is 58.7 Å². The van der Waals surface area contributed by atoms with Crippen LogP contribution in [0.15, 0.2) is 10.5 Å². The normalized spacial score (nSPS) is 28.0. The molecule has 9 nitrogen and oxygen atoms in total. The second-order valence-corrected chi connectivity index (χ2v) is 22.6. The van der Waals surface area contributed by atoms with Crippen LogP contribution < -0.4 is 9.64 Å². The summed E-state index contributed by atoms with van der Waals surface area (Å²) < 4.78 is 50.0. The van der Waals surface area contributed by atoms with Gasteiger partial charge in [-0.1, -0.05) is 32.4 Å². The van der Waals surface area contributed by atoms with E-state index < -0.39 is 31.4 Å². The maximum absolute atomic E-state index is 15.9. The third-order valence-electron chi connectivity index (χ3n) is 11.1. The molecule has 0 spiro atoms. The summed E-state index contributed by atoms with van der Waals surface area (Å²) in [6.45, 7) is 18.8. The number of rotatable bonds is 7. The van der Waals surface area contributed by atoms with Gasteiger partial charge in [-0.15, -0.1) is 0 Å². The first kappa shape index (κ1) is 36.0. The van der Waals surface area contributed by atoms with Gasteiger partial charge in [0.15, 0.2) is 14.1 Å². The number of benzene rings is 1. The molecule has 4 saturated heterocycles. The van der Waals surface area contributed by atoms with Crippen molar-refractivity contribution in [1.82, 2.24) is 19.8 Å². The summed E-state index contributed by atoms with van der Waals surface area (Å²) in [6.07, 6.45) is 2.48. The molecule has 5 atom stereocenters. The largest absolute Gasteiger partial charge is 0.461 e. The summed E-state index contributed by atoms with van der Waals surface area (Å²) in [5.74, 6) is -0.185. The topological polar surface area (TPSA) is 80.3 Å². The fraction of sp³-hybridized carbons (Fsp3) is 0.735. The molecule has 4 fully saturated rings. The van der Waals surface area contributed by atoms with Crippen molar-refractivity contribution in [2.24, 2.45) is 0 Å². The number of alkyl halides is 1. The van der Waals surface area contributed by atoms with E-state index in [4.69, 9.17) is 30.5 Å². The lowest BCUT2D eigenvalue weighted by Crippen LogP contribution is -2.64. The molecule has 1 aromatic carbocycles. The van der Waals surface area contributed by atoms with E-state index in [2.05, 4.69) is 64.6 Å². The smallest absolute Gasteiger partial charge is 0.410 e. The molecular weight excluding hydrogens is 724 g/mol. The van der Waals surface area contributed by atoms with Gasteiger partial charge in [0.2, 0.25) is 0 Å². The summed E-state index contributed by atoms with van der Waals surface area (Å²) in [7, 11) is -2.22. The van der Waals surface area contributed by atoms with E-state index in [9.17, 15) is 9.18 Å². The van der Waals surface area contributed by atoms with Gasteiger partial charge in [-0.05, 0) is 93.1 Å². The molecule has 266 valence electrons. The average Bonchev–Trinajstić information content (AvgIpc) is 3.61. The van der Waals surface area contributed by atoms with Crippen molar-refractivity contribution in [2.45, 2.75) is 127 Å². The molecule has 6 rings (SSSR count). The summed E-state index contributed by atoms with van der Waals surface area (Å²) >= 11 is 9.98. The van der Waals surface area contributed by atoms with Crippen LogP contribution in [-0.2, 0) is 9.16 Å². The number of hydrogen-bond donors (Lipinski definition) is 0. The Morgan fingerprint density at radius 1 is 1.17 bits per heavy atom. The quantitative estimate of drug-likeness (QED) is 0.206. The molecule has 2 aromatic rings. The third kappa shape index (κ3) is 6.67. The Bertz CT molecular complexity index is 1570. The molecule has 48 heavy (non-hydrogen) atoms. The number of ether oxygens (including phenoxy) is 2. The minimum absolute atomic E-state index is 0.0140. The zero-order valence-corrected chi connectivity index (χ0v) is 32.7. The van der Waals surface area contributed by atoms with Crippen LogP contribution in [0.1, 0.15) is 73.6 Å². The van der Waals surface area contributed by atoms with Crippen molar-refractivity contribution in [3.63, 3.8) is 0 Å². The van der Waals surface area contributed by atoms with E-state index in [1.54, 1.807) is 0 Å². The SMILES string of the molecule is CC(C)(C)OC(=O)N1C2CCC1C(CO[Si](C)(C)C(C)(C)C)N(c1nc(OC[C@@]34CCCN3C[C@H](F)C4)nc3c(F)c(Cl)cc(Br)c13)C2. The molecule has 4 aliphatic heterocycles. The number of anilines is 1. The van der Waals surface area contributed by atoms with Gasteiger partial charge in [-0.3, -0.25) is 9.80 Å². The number of amides is 1. The van der Waals surface area contributed by atoms with Crippen LogP contribution in [0.4, 0.5) is 19.4 Å². The Kier molecular flexibility index (Phi) is 9.57. The Morgan fingerprint density at radius 2 is 1.90 bits per heavy atom. The molecular formula is C34H49BrClF2N5O4Si. The second kappa shape index (κ2) is 12.8. The molecule has 0 aliphatic carbocycles. The lowest BCUT2D eigenvalue weighted by Gasteiger charge is -2.48. The van der Waals surface area contributed by atoms with Crippen molar-refractivity contribution < 1.29 is 27.5 Å². The van der Waals surface area contributed by atoms with E-state index in [0.29, 0.717) is 41.8 Å². The van der Waals surface area contributed by atoms with Gasteiger partial charge in [-0.25, -0.2) is 13.6 Å². The maximum Gasteiger partial charge on any atom is 0.410 e. The first-order chi connectivity index (χ1) is 22.3. The molecule has 2 bridgehead atoms. The number of fused-ring (bicyclic) bond motifs is 4. The Balaban J connectivity index is 1.42. The second-order valence-electron chi connectivity index (χ2n) is 16.5. The number of piperazine rings is 1. The lowest BCUT2D eigenvalue weighted by molar-refractivity contribution is 0.00490. The van der Waals surface area contributed by atoms with Gasteiger partial charge in [0.1, 0.15) is 29.7 Å². The summed E-state index contributed by atoms with van der Waals surface area (Å²) in [6, 6.07) is 0.854. The Morgan fingerprint density at radius 3 is 2.58 bits per heavy atom. The van der Waals surface area contributed by atoms with Crippen molar-refractivity contribution in [2.75, 3.05) is 37.7 Å². The van der Waals surface area contributed by atoms with Crippen molar-refractivity contribution in [3.8, 4) is 6.01 Å². The molecule has 14 heteroatoms. The highest BCUT2D eigenvalue weighted by Gasteiger charge is 2.52. The van der Waals surface area contributed by atoms with Crippen LogP contribution in [0.25, 0.3) is 10.9 Å². The van der Waals surface area contributed by atoms with Crippen molar-refractivity contribution in [1.29, 1.82) is 0 Å². The highest BCUT2D eigenvalue weighted by molar-refractivity contribution is 9.10. The molecule has 0 N–H and O–H groups in total. The zero-order valence-electron chi connectivity index (χ0n) is 29.3. The molecule has 4 aliphatic rings. The Labute approximate surface area is 297 Å². The standard InChI is InChI=1S/C34H49BrClF2N5O4Si/c1-32(2,3)47-31(44)43-21-10-11-24(43)25(18-46-48(7,8)33(4,5)6)42(17-21)29-26-22(35)14-23(36)27(38)28(26)39-30(40-29)45-19-34-12-9-13-41(34)16-20(37)15-34/h14,20-21,24-25H,9-13,15-19H2,1-8H3/t20-,21?,24?,25?,34+/m1/s1. The average molecular weight is 773 g/mol. The first-order valence-electron chi connectivity index (χ1n) is 17.1. The van der Waals surface area contributed by atoms with E-state index >= 15 is 4.39 Å². The number of aromatic nitrogens is 2. The van der Waals surface area contributed by atoms with Crippen LogP contribution in [0.2, 0.25) is 23.2 Å². The van der Waals surface area contributed by atoms with Crippen molar-refractivity contribution in [3.05, 3.63) is 21.4 Å². The summed E-state index contributed by atoms with van der Waals surface area (Å²) in [5, 5.41) is 0.360. The molecule has 0 saturated carbocycles. The number of halogens is 4. The number of carbonyl (C=O) groups is 1. The van der Waals surface area contributed by atoms with Gasteiger partial charge in [0, 0.05) is 24.0 Å². The third-order valence-corrected chi connectivity index (χ3v) is 16.5. The number of nitrogens with zero attached hydrogens (tertiary/aromatic N) is 5. The van der Waals surface area contributed by atoms with E-state index in [1.807, 2.05) is 25.7 Å².